The third kappa shape index (κ3) is 3.06. The number of benzene rings is 2. The lowest BCUT2D eigenvalue weighted by Gasteiger charge is -2.07. The Morgan fingerprint density at radius 2 is 2.00 bits per heavy atom. The molecule has 0 aliphatic carbocycles. The average molecular weight is 305 g/mol. The Morgan fingerprint density at radius 1 is 1.19 bits per heavy atom. The van der Waals surface area contributed by atoms with Crippen LogP contribution in [0.15, 0.2) is 36.4 Å². The second-order valence-corrected chi connectivity index (χ2v) is 5.43. The zero-order valence-corrected chi connectivity index (χ0v) is 12.0. The van der Waals surface area contributed by atoms with E-state index in [2.05, 4.69) is 22.8 Å². The summed E-state index contributed by atoms with van der Waals surface area (Å²) in [6.07, 6.45) is 0. The molecule has 0 bridgehead atoms. The first-order valence-electron chi connectivity index (χ1n) is 6.68. The van der Waals surface area contributed by atoms with Gasteiger partial charge in [-0.15, -0.1) is 0 Å². The van der Waals surface area contributed by atoms with E-state index in [0.29, 0.717) is 6.54 Å². The lowest BCUT2D eigenvalue weighted by molar-refractivity contribution is 0.0950. The molecule has 0 radical (unpaired) electrons. The molecule has 2 aromatic rings. The van der Waals surface area contributed by atoms with Crippen LogP contribution in [0.4, 0.5) is 4.39 Å². The van der Waals surface area contributed by atoms with E-state index >= 15 is 0 Å². The number of carbonyl (C=O) groups excluding carboxylic acids is 1. The number of nitrogens with one attached hydrogen (secondary N) is 2. The highest BCUT2D eigenvalue weighted by atomic mass is 35.5. The molecule has 2 aromatic carbocycles. The van der Waals surface area contributed by atoms with Gasteiger partial charge in [-0.3, -0.25) is 4.79 Å². The Kier molecular flexibility index (Phi) is 3.90. The molecule has 1 aliphatic rings. The molecular formula is C16H14ClFN2O. The van der Waals surface area contributed by atoms with Crippen molar-refractivity contribution in [3.8, 4) is 0 Å². The largest absolute Gasteiger partial charge is 0.348 e. The van der Waals surface area contributed by atoms with Crippen molar-refractivity contribution in [3.63, 3.8) is 0 Å². The van der Waals surface area contributed by atoms with Crippen molar-refractivity contribution in [3.05, 3.63) is 69.5 Å². The summed E-state index contributed by atoms with van der Waals surface area (Å²) in [6, 6.07) is 10.2. The van der Waals surface area contributed by atoms with Gasteiger partial charge in [0.1, 0.15) is 5.82 Å². The van der Waals surface area contributed by atoms with Crippen molar-refractivity contribution >= 4 is 17.5 Å². The van der Waals surface area contributed by atoms with Gasteiger partial charge in [-0.1, -0.05) is 29.8 Å². The fourth-order valence-corrected chi connectivity index (χ4v) is 2.50. The molecule has 0 saturated heterocycles. The smallest absolute Gasteiger partial charge is 0.251 e. The molecule has 5 heteroatoms. The minimum absolute atomic E-state index is 0.0117. The van der Waals surface area contributed by atoms with E-state index < -0.39 is 5.82 Å². The van der Waals surface area contributed by atoms with Gasteiger partial charge in [0.25, 0.3) is 5.91 Å². The lowest BCUT2D eigenvalue weighted by atomic mass is 10.1. The molecule has 0 fully saturated rings. The van der Waals surface area contributed by atoms with Crippen LogP contribution in [-0.2, 0) is 19.6 Å². The molecule has 3 rings (SSSR count). The van der Waals surface area contributed by atoms with E-state index in [4.69, 9.17) is 11.6 Å². The number of amides is 1. The molecule has 0 atom stereocenters. The lowest BCUT2D eigenvalue weighted by Crippen LogP contribution is -2.23. The van der Waals surface area contributed by atoms with Gasteiger partial charge in [0, 0.05) is 25.2 Å². The molecule has 1 heterocycles. The van der Waals surface area contributed by atoms with Gasteiger partial charge in [-0.2, -0.15) is 0 Å². The number of carbonyl (C=O) groups is 1. The third-order valence-electron chi connectivity index (χ3n) is 3.54. The van der Waals surface area contributed by atoms with E-state index in [0.717, 1.165) is 24.7 Å². The van der Waals surface area contributed by atoms with Gasteiger partial charge in [0.05, 0.1) is 5.02 Å². The van der Waals surface area contributed by atoms with Gasteiger partial charge in [0.15, 0.2) is 0 Å². The number of hydrogen-bond acceptors (Lipinski definition) is 2. The highest BCUT2D eigenvalue weighted by Crippen LogP contribution is 2.18. The van der Waals surface area contributed by atoms with Crippen molar-refractivity contribution in [1.82, 2.24) is 10.6 Å². The molecule has 2 N–H and O–H groups in total. The second kappa shape index (κ2) is 5.84. The zero-order chi connectivity index (χ0) is 14.8. The Bertz CT molecular complexity index is 703. The summed E-state index contributed by atoms with van der Waals surface area (Å²) in [5, 5.41) is 6.07. The van der Waals surface area contributed by atoms with Gasteiger partial charge >= 0.3 is 0 Å². The molecule has 0 spiro atoms. The first kappa shape index (κ1) is 14.0. The quantitative estimate of drug-likeness (QED) is 0.915. The van der Waals surface area contributed by atoms with Crippen LogP contribution >= 0.6 is 11.6 Å². The van der Waals surface area contributed by atoms with Crippen molar-refractivity contribution in [2.75, 3.05) is 0 Å². The average Bonchev–Trinajstić information content (AvgIpc) is 2.95. The van der Waals surface area contributed by atoms with Crippen LogP contribution in [0.25, 0.3) is 0 Å². The summed E-state index contributed by atoms with van der Waals surface area (Å²) in [5.74, 6) is -0.905. The van der Waals surface area contributed by atoms with Crippen LogP contribution in [0.1, 0.15) is 27.0 Å². The zero-order valence-electron chi connectivity index (χ0n) is 11.2. The van der Waals surface area contributed by atoms with E-state index in [-0.39, 0.29) is 16.5 Å². The monoisotopic (exact) mass is 304 g/mol. The first-order valence-corrected chi connectivity index (χ1v) is 7.06. The number of halogens is 2. The normalized spacial score (nSPS) is 13.0. The second-order valence-electron chi connectivity index (χ2n) is 5.02. The number of fused-ring (bicyclic) bond motifs is 1. The maximum Gasteiger partial charge on any atom is 0.251 e. The molecular weight excluding hydrogens is 291 g/mol. The fraction of sp³-hybridized carbons (Fsp3) is 0.188. The molecule has 1 amide bonds. The molecule has 108 valence electrons. The van der Waals surface area contributed by atoms with E-state index in [1.807, 2.05) is 6.07 Å². The van der Waals surface area contributed by atoms with Crippen molar-refractivity contribution in [1.29, 1.82) is 0 Å². The van der Waals surface area contributed by atoms with Gasteiger partial charge in [-0.25, -0.2) is 4.39 Å². The van der Waals surface area contributed by atoms with Crippen molar-refractivity contribution in [2.24, 2.45) is 0 Å². The Labute approximate surface area is 127 Å². The summed E-state index contributed by atoms with van der Waals surface area (Å²) < 4.78 is 13.3. The molecule has 1 aliphatic heterocycles. The standard InChI is InChI=1S/C16H14ClFN2O/c17-14-4-3-11(6-15(14)18)16(21)20-7-10-1-2-12-8-19-9-13(12)5-10/h1-6,19H,7-9H2,(H,20,21). The summed E-state index contributed by atoms with van der Waals surface area (Å²) in [6.45, 7) is 2.17. The van der Waals surface area contributed by atoms with Crippen LogP contribution in [0.2, 0.25) is 5.02 Å². The van der Waals surface area contributed by atoms with Crippen LogP contribution in [-0.4, -0.2) is 5.91 Å². The first-order chi connectivity index (χ1) is 10.1. The van der Waals surface area contributed by atoms with Gasteiger partial charge in [-0.05, 0) is 34.9 Å². The van der Waals surface area contributed by atoms with E-state index in [1.54, 1.807) is 0 Å². The number of rotatable bonds is 3. The van der Waals surface area contributed by atoms with Crippen molar-refractivity contribution in [2.45, 2.75) is 19.6 Å². The molecule has 0 aromatic heterocycles. The van der Waals surface area contributed by atoms with Gasteiger partial charge < -0.3 is 10.6 Å². The van der Waals surface area contributed by atoms with E-state index in [1.165, 1.54) is 23.3 Å². The maximum atomic E-state index is 13.3. The highest BCUT2D eigenvalue weighted by Gasteiger charge is 2.11. The van der Waals surface area contributed by atoms with E-state index in [9.17, 15) is 9.18 Å². The summed E-state index contributed by atoms with van der Waals surface area (Å²) in [7, 11) is 0. The summed E-state index contributed by atoms with van der Waals surface area (Å²) in [5.41, 5.74) is 3.85. The van der Waals surface area contributed by atoms with Crippen molar-refractivity contribution < 1.29 is 9.18 Å². The topological polar surface area (TPSA) is 41.1 Å². The Morgan fingerprint density at radius 3 is 2.81 bits per heavy atom. The molecule has 3 nitrogen and oxygen atoms in total. The van der Waals surface area contributed by atoms with Gasteiger partial charge in [0.2, 0.25) is 0 Å². The minimum Gasteiger partial charge on any atom is -0.348 e. The SMILES string of the molecule is O=C(NCc1ccc2c(c1)CNC2)c1ccc(Cl)c(F)c1. The van der Waals surface area contributed by atoms with Crippen LogP contribution in [0.3, 0.4) is 0 Å². The molecule has 0 unspecified atom stereocenters. The highest BCUT2D eigenvalue weighted by molar-refractivity contribution is 6.30. The fourth-order valence-electron chi connectivity index (χ4n) is 2.38. The van der Waals surface area contributed by atoms with Crippen LogP contribution in [0.5, 0.6) is 0 Å². The third-order valence-corrected chi connectivity index (χ3v) is 3.84. The van der Waals surface area contributed by atoms with Crippen LogP contribution in [0, 0.1) is 5.82 Å². The predicted octanol–water partition coefficient (Wildman–Crippen LogP) is 3.01. The Balaban J connectivity index is 1.67. The van der Waals surface area contributed by atoms with Crippen LogP contribution < -0.4 is 10.6 Å². The Hall–Kier alpha value is -1.91. The summed E-state index contributed by atoms with van der Waals surface area (Å²) in [4.78, 5) is 12.0. The number of hydrogen-bond donors (Lipinski definition) is 2. The minimum atomic E-state index is -0.590. The molecule has 0 saturated carbocycles. The summed E-state index contributed by atoms with van der Waals surface area (Å²) >= 11 is 5.60. The molecule has 21 heavy (non-hydrogen) atoms. The predicted molar refractivity (Wildman–Crippen MR) is 79.6 cm³/mol. The maximum absolute atomic E-state index is 13.3.